The molecule has 0 aliphatic heterocycles. The highest BCUT2D eigenvalue weighted by Gasteiger charge is 2.25. The van der Waals surface area contributed by atoms with E-state index in [-0.39, 0.29) is 4.90 Å². The number of anilines is 1. The maximum absolute atomic E-state index is 13.2. The van der Waals surface area contributed by atoms with Gasteiger partial charge >= 0.3 is 0 Å². The van der Waals surface area contributed by atoms with Crippen molar-refractivity contribution in [2.75, 3.05) is 4.72 Å². The number of nitrogens with one attached hydrogen (secondary N) is 1. The van der Waals surface area contributed by atoms with Gasteiger partial charge in [0.05, 0.1) is 27.3 Å². The second kappa shape index (κ2) is 8.13. The van der Waals surface area contributed by atoms with E-state index in [9.17, 15) is 8.42 Å². The molecule has 0 radical (unpaired) electrons. The van der Waals surface area contributed by atoms with Crippen LogP contribution in [0.5, 0.6) is 0 Å². The van der Waals surface area contributed by atoms with Crippen LogP contribution in [0.1, 0.15) is 17.0 Å². The van der Waals surface area contributed by atoms with Gasteiger partial charge in [0.2, 0.25) is 0 Å². The summed E-state index contributed by atoms with van der Waals surface area (Å²) in [6.45, 7) is 5.53. The predicted molar refractivity (Wildman–Crippen MR) is 134 cm³/mol. The predicted octanol–water partition coefficient (Wildman–Crippen LogP) is 5.88. The molecule has 3 aromatic carbocycles. The Balaban J connectivity index is 1.43. The summed E-state index contributed by atoms with van der Waals surface area (Å²) >= 11 is 1.62. The van der Waals surface area contributed by atoms with Crippen LogP contribution in [0.3, 0.4) is 0 Å². The minimum atomic E-state index is -3.81. The molecule has 2 aromatic heterocycles. The average Bonchev–Trinajstić information content (AvgIpc) is 3.34. The largest absolute Gasteiger partial charge is 0.280 e. The molecule has 8 heteroatoms. The first-order chi connectivity index (χ1) is 15.8. The third-order valence-electron chi connectivity index (χ3n) is 5.42. The third-order valence-corrected chi connectivity index (χ3v) is 8.12. The van der Waals surface area contributed by atoms with Gasteiger partial charge in [-0.05, 0) is 74.9 Å². The standard InChI is InChI=1S/C25H22N4O2S2/c1-16-9-14-22-23(15-16)32-25(26-22)19-10-12-20(13-11-19)28-33(30,31)24-17(2)27-29(18(24)3)21-7-5-4-6-8-21/h4-15,28H,1-3H3. The fraction of sp³-hybridized carbons (Fsp3) is 0.120. The molecule has 166 valence electrons. The molecular formula is C25H22N4O2S2. The van der Waals surface area contributed by atoms with Crippen molar-refractivity contribution in [2.45, 2.75) is 25.7 Å². The molecule has 0 unspecified atom stereocenters. The molecule has 0 saturated heterocycles. The molecule has 0 saturated carbocycles. The minimum absolute atomic E-state index is 0.192. The van der Waals surface area contributed by atoms with Crippen LogP contribution in [0, 0.1) is 20.8 Å². The van der Waals surface area contributed by atoms with Crippen LogP contribution in [-0.4, -0.2) is 23.2 Å². The van der Waals surface area contributed by atoms with Crippen LogP contribution < -0.4 is 4.72 Å². The maximum Gasteiger partial charge on any atom is 0.265 e. The molecule has 5 aromatic rings. The average molecular weight is 475 g/mol. The Morgan fingerprint density at radius 2 is 1.64 bits per heavy atom. The van der Waals surface area contributed by atoms with Crippen LogP contribution in [0.4, 0.5) is 5.69 Å². The van der Waals surface area contributed by atoms with Crippen LogP contribution in [0.25, 0.3) is 26.5 Å². The van der Waals surface area contributed by atoms with Crippen LogP contribution in [-0.2, 0) is 10.0 Å². The van der Waals surface area contributed by atoms with Gasteiger partial charge in [0.15, 0.2) is 0 Å². The quantitative estimate of drug-likeness (QED) is 0.345. The highest BCUT2D eigenvalue weighted by Crippen LogP contribution is 2.32. The smallest absolute Gasteiger partial charge is 0.265 e. The zero-order valence-electron chi connectivity index (χ0n) is 18.4. The second-order valence-electron chi connectivity index (χ2n) is 7.92. The van der Waals surface area contributed by atoms with Crippen molar-refractivity contribution < 1.29 is 8.42 Å². The molecule has 0 amide bonds. The number of fused-ring (bicyclic) bond motifs is 1. The number of hydrogen-bond donors (Lipinski definition) is 1. The molecule has 6 nitrogen and oxygen atoms in total. The van der Waals surface area contributed by atoms with Crippen molar-refractivity contribution in [3.8, 4) is 16.3 Å². The van der Waals surface area contributed by atoms with Crippen molar-refractivity contribution in [3.63, 3.8) is 0 Å². The Labute approximate surface area is 196 Å². The number of rotatable bonds is 5. The van der Waals surface area contributed by atoms with Crippen LogP contribution in [0.2, 0.25) is 0 Å². The minimum Gasteiger partial charge on any atom is -0.280 e. The summed E-state index contributed by atoms with van der Waals surface area (Å²) in [6, 6.07) is 23.0. The second-order valence-corrected chi connectivity index (χ2v) is 10.6. The van der Waals surface area contributed by atoms with E-state index in [0.717, 1.165) is 26.5 Å². The van der Waals surface area contributed by atoms with Gasteiger partial charge in [0.1, 0.15) is 9.90 Å². The van der Waals surface area contributed by atoms with E-state index in [1.807, 2.05) is 54.6 Å². The number of aryl methyl sites for hydroxylation is 2. The van der Waals surface area contributed by atoms with Gasteiger partial charge in [0.25, 0.3) is 10.0 Å². The summed E-state index contributed by atoms with van der Waals surface area (Å²) in [7, 11) is -3.81. The first-order valence-electron chi connectivity index (χ1n) is 10.4. The Morgan fingerprint density at radius 1 is 0.909 bits per heavy atom. The highest BCUT2D eigenvalue weighted by molar-refractivity contribution is 7.92. The number of sulfonamides is 1. The Kier molecular flexibility index (Phi) is 5.26. The topological polar surface area (TPSA) is 76.9 Å². The fourth-order valence-electron chi connectivity index (χ4n) is 3.88. The molecule has 5 rings (SSSR count). The number of hydrogen-bond acceptors (Lipinski definition) is 5. The molecule has 0 fully saturated rings. The zero-order chi connectivity index (χ0) is 23.2. The van der Waals surface area contributed by atoms with E-state index in [0.29, 0.717) is 17.1 Å². The summed E-state index contributed by atoms with van der Waals surface area (Å²) in [5, 5.41) is 5.36. The van der Waals surface area contributed by atoms with E-state index in [2.05, 4.69) is 22.8 Å². The van der Waals surface area contributed by atoms with Crippen molar-refractivity contribution in [1.29, 1.82) is 0 Å². The fourth-order valence-corrected chi connectivity index (χ4v) is 6.40. The molecule has 0 bridgehead atoms. The summed E-state index contributed by atoms with van der Waals surface area (Å²) in [6.07, 6.45) is 0. The normalized spacial score (nSPS) is 11.7. The first kappa shape index (κ1) is 21.4. The number of aromatic nitrogens is 3. The van der Waals surface area contributed by atoms with Crippen molar-refractivity contribution in [3.05, 3.63) is 89.7 Å². The first-order valence-corrected chi connectivity index (χ1v) is 12.7. The number of thiazole rings is 1. The van der Waals surface area contributed by atoms with Gasteiger partial charge in [-0.25, -0.2) is 18.1 Å². The van der Waals surface area contributed by atoms with E-state index in [1.165, 1.54) is 5.56 Å². The Morgan fingerprint density at radius 3 is 2.36 bits per heavy atom. The van der Waals surface area contributed by atoms with Crippen molar-refractivity contribution in [2.24, 2.45) is 0 Å². The monoisotopic (exact) mass is 474 g/mol. The van der Waals surface area contributed by atoms with Crippen molar-refractivity contribution in [1.82, 2.24) is 14.8 Å². The van der Waals surface area contributed by atoms with Gasteiger partial charge < -0.3 is 0 Å². The molecule has 33 heavy (non-hydrogen) atoms. The van der Waals surface area contributed by atoms with Gasteiger partial charge in [0, 0.05) is 11.3 Å². The van der Waals surface area contributed by atoms with Crippen LogP contribution >= 0.6 is 11.3 Å². The van der Waals surface area contributed by atoms with Gasteiger partial charge in [-0.1, -0.05) is 24.3 Å². The maximum atomic E-state index is 13.2. The molecular weight excluding hydrogens is 452 g/mol. The molecule has 0 spiro atoms. The molecule has 2 heterocycles. The summed E-state index contributed by atoms with van der Waals surface area (Å²) < 4.78 is 31.9. The van der Waals surface area contributed by atoms with Gasteiger partial charge in [-0.15, -0.1) is 11.3 Å². The zero-order valence-corrected chi connectivity index (χ0v) is 20.0. The van der Waals surface area contributed by atoms with Gasteiger partial charge in [-0.2, -0.15) is 5.10 Å². The lowest BCUT2D eigenvalue weighted by Gasteiger charge is -2.09. The summed E-state index contributed by atoms with van der Waals surface area (Å²) in [5.41, 5.74) is 5.42. The van der Waals surface area contributed by atoms with E-state index in [4.69, 9.17) is 4.98 Å². The molecule has 0 atom stereocenters. The molecule has 1 N–H and O–H groups in total. The lowest BCUT2D eigenvalue weighted by molar-refractivity contribution is 0.600. The van der Waals surface area contributed by atoms with E-state index < -0.39 is 10.0 Å². The lowest BCUT2D eigenvalue weighted by Crippen LogP contribution is -2.15. The van der Waals surface area contributed by atoms with Crippen LogP contribution in [0.15, 0.2) is 77.7 Å². The highest BCUT2D eigenvalue weighted by atomic mass is 32.2. The van der Waals surface area contributed by atoms with Crippen molar-refractivity contribution >= 4 is 37.3 Å². The molecule has 0 aliphatic rings. The number of benzene rings is 3. The lowest BCUT2D eigenvalue weighted by atomic mass is 10.2. The summed E-state index contributed by atoms with van der Waals surface area (Å²) in [5.74, 6) is 0. The molecule has 0 aliphatic carbocycles. The Bertz CT molecular complexity index is 1570. The number of nitrogens with zero attached hydrogens (tertiary/aromatic N) is 3. The third kappa shape index (κ3) is 4.03. The number of para-hydroxylation sites is 1. The van der Waals surface area contributed by atoms with Gasteiger partial charge in [-0.3, -0.25) is 4.72 Å². The van der Waals surface area contributed by atoms with E-state index in [1.54, 1.807) is 42.0 Å². The van der Waals surface area contributed by atoms with E-state index >= 15 is 0 Å². The SMILES string of the molecule is Cc1ccc2nc(-c3ccc(NS(=O)(=O)c4c(C)nn(-c5ccccc5)c4C)cc3)sc2c1. The Hall–Kier alpha value is -3.49. The summed E-state index contributed by atoms with van der Waals surface area (Å²) in [4.78, 5) is 4.89.